The molecule has 1 unspecified atom stereocenters. The number of piperidine rings is 1. The van der Waals surface area contributed by atoms with Crippen molar-refractivity contribution in [1.82, 2.24) is 9.62 Å². The van der Waals surface area contributed by atoms with Crippen LogP contribution >= 0.6 is 0 Å². The van der Waals surface area contributed by atoms with Crippen LogP contribution in [-0.2, 0) is 14.8 Å². The second-order valence-electron chi connectivity index (χ2n) is 8.19. The Kier molecular flexibility index (Phi) is 8.76. The van der Waals surface area contributed by atoms with E-state index in [0.29, 0.717) is 30.1 Å². The quantitative estimate of drug-likeness (QED) is 0.521. The maximum atomic E-state index is 12.8. The van der Waals surface area contributed by atoms with Crippen LogP contribution in [0.3, 0.4) is 0 Å². The molecular formula is C24H32N2O7S. The van der Waals surface area contributed by atoms with Crippen molar-refractivity contribution in [1.29, 1.82) is 0 Å². The van der Waals surface area contributed by atoms with E-state index < -0.39 is 16.1 Å². The van der Waals surface area contributed by atoms with Gasteiger partial charge in [-0.1, -0.05) is 23.8 Å². The third-order valence-corrected chi connectivity index (χ3v) is 7.71. The van der Waals surface area contributed by atoms with Crippen LogP contribution in [0.25, 0.3) is 0 Å². The number of aliphatic hydroxyl groups excluding tert-OH is 1. The first kappa shape index (κ1) is 25.8. The lowest BCUT2D eigenvalue weighted by molar-refractivity contribution is -0.126. The van der Waals surface area contributed by atoms with E-state index in [0.717, 1.165) is 5.56 Å². The summed E-state index contributed by atoms with van der Waals surface area (Å²) in [7, 11) is -0.555. The van der Waals surface area contributed by atoms with Gasteiger partial charge in [0.05, 0.1) is 19.1 Å². The molecule has 1 aliphatic heterocycles. The summed E-state index contributed by atoms with van der Waals surface area (Å²) in [4.78, 5) is 12.8. The SMILES string of the molecule is COc1cccc(OC)c1OCC(O)CNC(=O)C1CCN(S(=O)(=O)c2ccc(C)cc2)CC1. The Morgan fingerprint density at radius 3 is 2.24 bits per heavy atom. The van der Waals surface area contributed by atoms with Crippen LogP contribution in [0.5, 0.6) is 17.2 Å². The van der Waals surface area contributed by atoms with E-state index in [4.69, 9.17) is 14.2 Å². The summed E-state index contributed by atoms with van der Waals surface area (Å²) in [5, 5.41) is 13.0. The van der Waals surface area contributed by atoms with Gasteiger partial charge in [-0.15, -0.1) is 0 Å². The highest BCUT2D eigenvalue weighted by Gasteiger charge is 2.32. The molecule has 0 aliphatic carbocycles. The number of nitrogens with zero attached hydrogens (tertiary/aromatic N) is 1. The number of carbonyl (C=O) groups is 1. The van der Waals surface area contributed by atoms with Crippen molar-refractivity contribution in [2.75, 3.05) is 40.5 Å². The molecule has 1 amide bonds. The Morgan fingerprint density at radius 1 is 1.09 bits per heavy atom. The van der Waals surface area contributed by atoms with E-state index in [1.54, 1.807) is 42.5 Å². The zero-order chi connectivity index (χ0) is 24.7. The molecular weight excluding hydrogens is 460 g/mol. The van der Waals surface area contributed by atoms with Crippen molar-refractivity contribution in [2.45, 2.75) is 30.8 Å². The van der Waals surface area contributed by atoms with E-state index in [9.17, 15) is 18.3 Å². The highest BCUT2D eigenvalue weighted by molar-refractivity contribution is 7.89. The molecule has 0 radical (unpaired) electrons. The van der Waals surface area contributed by atoms with Gasteiger partial charge in [0.25, 0.3) is 0 Å². The first-order valence-corrected chi connectivity index (χ1v) is 12.6. The number of sulfonamides is 1. The van der Waals surface area contributed by atoms with Crippen molar-refractivity contribution in [2.24, 2.45) is 5.92 Å². The van der Waals surface area contributed by atoms with Gasteiger partial charge >= 0.3 is 0 Å². The van der Waals surface area contributed by atoms with E-state index in [1.807, 2.05) is 6.92 Å². The fraction of sp³-hybridized carbons (Fsp3) is 0.458. The number of nitrogens with one attached hydrogen (secondary N) is 1. The molecule has 1 aliphatic rings. The highest BCUT2D eigenvalue weighted by Crippen LogP contribution is 2.36. The number of methoxy groups -OCH3 is 2. The second kappa shape index (κ2) is 11.5. The van der Waals surface area contributed by atoms with Gasteiger partial charge < -0.3 is 24.6 Å². The van der Waals surface area contributed by atoms with Crippen LogP contribution in [0.1, 0.15) is 18.4 Å². The average Bonchev–Trinajstić information content (AvgIpc) is 2.86. The van der Waals surface area contributed by atoms with Gasteiger partial charge in [0.1, 0.15) is 12.7 Å². The third-order valence-electron chi connectivity index (χ3n) is 5.80. The Bertz CT molecular complexity index is 1040. The van der Waals surface area contributed by atoms with Crippen LogP contribution in [0.2, 0.25) is 0 Å². The molecule has 0 saturated carbocycles. The molecule has 9 nitrogen and oxygen atoms in total. The van der Waals surface area contributed by atoms with Gasteiger partial charge in [0, 0.05) is 25.6 Å². The third kappa shape index (κ3) is 6.19. The van der Waals surface area contributed by atoms with Gasteiger partial charge in [-0.05, 0) is 44.0 Å². The molecule has 34 heavy (non-hydrogen) atoms. The Morgan fingerprint density at radius 2 is 1.68 bits per heavy atom. The molecule has 3 rings (SSSR count). The lowest BCUT2D eigenvalue weighted by Gasteiger charge is -2.30. The molecule has 1 saturated heterocycles. The Balaban J connectivity index is 1.46. The van der Waals surface area contributed by atoms with Crippen LogP contribution in [0, 0.1) is 12.8 Å². The maximum absolute atomic E-state index is 12.8. The largest absolute Gasteiger partial charge is 0.493 e. The van der Waals surface area contributed by atoms with Gasteiger partial charge in [-0.25, -0.2) is 8.42 Å². The number of benzene rings is 2. The molecule has 1 fully saturated rings. The molecule has 10 heteroatoms. The second-order valence-corrected chi connectivity index (χ2v) is 10.1. The van der Waals surface area contributed by atoms with Crippen LogP contribution in [0.4, 0.5) is 0 Å². The molecule has 2 aromatic rings. The molecule has 2 aromatic carbocycles. The van der Waals surface area contributed by atoms with E-state index in [-0.39, 0.29) is 43.0 Å². The predicted molar refractivity (Wildman–Crippen MR) is 127 cm³/mol. The summed E-state index contributed by atoms with van der Waals surface area (Å²) < 4.78 is 43.3. The Labute approximate surface area is 200 Å². The number of aliphatic hydroxyl groups is 1. The predicted octanol–water partition coefficient (Wildman–Crippen LogP) is 1.97. The minimum atomic E-state index is -3.57. The number of para-hydroxylation sites is 1. The maximum Gasteiger partial charge on any atom is 0.243 e. The van der Waals surface area contributed by atoms with E-state index in [1.165, 1.54) is 18.5 Å². The topological polar surface area (TPSA) is 114 Å². The Hall–Kier alpha value is -2.82. The van der Waals surface area contributed by atoms with Gasteiger partial charge in [-0.3, -0.25) is 4.79 Å². The molecule has 0 spiro atoms. The first-order valence-electron chi connectivity index (χ1n) is 11.1. The minimum absolute atomic E-state index is 0.0121. The van der Waals surface area contributed by atoms with Crippen LogP contribution < -0.4 is 19.5 Å². The monoisotopic (exact) mass is 492 g/mol. The normalized spacial score (nSPS) is 16.0. The highest BCUT2D eigenvalue weighted by atomic mass is 32.2. The molecule has 2 N–H and O–H groups in total. The smallest absolute Gasteiger partial charge is 0.243 e. The fourth-order valence-electron chi connectivity index (χ4n) is 3.78. The van der Waals surface area contributed by atoms with Crippen molar-refractivity contribution in [3.8, 4) is 17.2 Å². The van der Waals surface area contributed by atoms with Crippen molar-refractivity contribution in [3.63, 3.8) is 0 Å². The zero-order valence-electron chi connectivity index (χ0n) is 19.7. The van der Waals surface area contributed by atoms with Crippen LogP contribution in [-0.4, -0.2) is 70.3 Å². The van der Waals surface area contributed by atoms with Crippen molar-refractivity contribution in [3.05, 3.63) is 48.0 Å². The zero-order valence-corrected chi connectivity index (χ0v) is 20.5. The number of hydrogen-bond acceptors (Lipinski definition) is 7. The average molecular weight is 493 g/mol. The summed E-state index contributed by atoms with van der Waals surface area (Å²) in [6.45, 7) is 2.39. The number of hydrogen-bond donors (Lipinski definition) is 2. The fourth-order valence-corrected chi connectivity index (χ4v) is 5.25. The van der Waals surface area contributed by atoms with Crippen LogP contribution in [0.15, 0.2) is 47.4 Å². The molecule has 0 aromatic heterocycles. The number of rotatable bonds is 10. The first-order chi connectivity index (χ1) is 16.3. The summed E-state index contributed by atoms with van der Waals surface area (Å²) >= 11 is 0. The summed E-state index contributed by atoms with van der Waals surface area (Å²) in [6, 6.07) is 12.0. The lowest BCUT2D eigenvalue weighted by atomic mass is 9.97. The number of carbonyl (C=O) groups excluding carboxylic acids is 1. The molecule has 1 heterocycles. The molecule has 186 valence electrons. The minimum Gasteiger partial charge on any atom is -0.493 e. The molecule has 1 atom stereocenters. The summed E-state index contributed by atoms with van der Waals surface area (Å²) in [5.74, 6) is 0.805. The number of amides is 1. The summed E-state index contributed by atoms with van der Waals surface area (Å²) in [5.41, 5.74) is 0.990. The van der Waals surface area contributed by atoms with Crippen molar-refractivity contribution >= 4 is 15.9 Å². The van der Waals surface area contributed by atoms with Gasteiger partial charge in [0.15, 0.2) is 11.5 Å². The van der Waals surface area contributed by atoms with E-state index >= 15 is 0 Å². The van der Waals surface area contributed by atoms with Gasteiger partial charge in [0.2, 0.25) is 21.7 Å². The van der Waals surface area contributed by atoms with E-state index in [2.05, 4.69) is 5.32 Å². The number of aryl methyl sites for hydroxylation is 1. The lowest BCUT2D eigenvalue weighted by Crippen LogP contribution is -2.44. The van der Waals surface area contributed by atoms with Gasteiger partial charge in [-0.2, -0.15) is 4.31 Å². The number of ether oxygens (including phenoxy) is 3. The molecule has 0 bridgehead atoms. The summed E-state index contributed by atoms with van der Waals surface area (Å²) in [6.07, 6.45) is -0.107. The van der Waals surface area contributed by atoms with Crippen molar-refractivity contribution < 1.29 is 32.5 Å². The standard InChI is InChI=1S/C24H32N2O7S/c1-17-7-9-20(10-8-17)34(29,30)26-13-11-18(12-14-26)24(28)25-15-19(27)16-33-23-21(31-2)5-4-6-22(23)32-3/h4-10,18-19,27H,11-16H2,1-3H3,(H,25,28).